The molecule has 0 bridgehead atoms. The molecule has 2 heterocycles. The Hall–Kier alpha value is -3.31. The fraction of sp³-hybridized carbons (Fsp3) is 0.296. The Morgan fingerprint density at radius 2 is 1.50 bits per heavy atom. The second kappa shape index (κ2) is 9.45. The van der Waals surface area contributed by atoms with Crippen LogP contribution in [0.4, 0.5) is 5.69 Å². The lowest BCUT2D eigenvalue weighted by Gasteiger charge is -2.41. The Balaban J connectivity index is 1.34. The van der Waals surface area contributed by atoms with E-state index in [1.165, 1.54) is 16.7 Å². The maximum atomic E-state index is 5.62. The second-order valence-electron chi connectivity index (χ2n) is 8.46. The van der Waals surface area contributed by atoms with Gasteiger partial charge in [0.1, 0.15) is 5.75 Å². The lowest BCUT2D eigenvalue weighted by molar-refractivity contribution is 0.160. The van der Waals surface area contributed by atoms with E-state index in [-0.39, 0.29) is 0 Å². The van der Waals surface area contributed by atoms with Crippen molar-refractivity contribution in [1.29, 1.82) is 0 Å². The molecule has 0 unspecified atom stereocenters. The molecule has 5 heteroatoms. The topological polar surface area (TPSA) is 31.3 Å². The number of para-hydroxylation sites is 2. The molecule has 0 amide bonds. The highest BCUT2D eigenvalue weighted by Crippen LogP contribution is 2.30. The number of methoxy groups -OCH3 is 1. The zero-order valence-electron chi connectivity index (χ0n) is 18.7. The molecule has 0 saturated carbocycles. The first-order valence-electron chi connectivity index (χ1n) is 11.3. The van der Waals surface area contributed by atoms with Gasteiger partial charge < -0.3 is 14.5 Å². The molecule has 1 saturated heterocycles. The van der Waals surface area contributed by atoms with Crippen molar-refractivity contribution in [3.05, 3.63) is 95.6 Å². The predicted molar refractivity (Wildman–Crippen MR) is 129 cm³/mol. The zero-order valence-corrected chi connectivity index (χ0v) is 18.7. The summed E-state index contributed by atoms with van der Waals surface area (Å²) < 4.78 is 5.62. The Kier molecular flexibility index (Phi) is 6.08. The van der Waals surface area contributed by atoms with Gasteiger partial charge in [-0.3, -0.25) is 4.90 Å². The van der Waals surface area contributed by atoms with Crippen LogP contribution < -0.4 is 4.74 Å². The van der Waals surface area contributed by atoms with Crippen LogP contribution >= 0.6 is 0 Å². The van der Waals surface area contributed by atoms with Crippen LogP contribution in [0, 0.1) is 0 Å². The summed E-state index contributed by atoms with van der Waals surface area (Å²) in [4.78, 5) is 12.5. The minimum atomic E-state index is 0.779. The highest BCUT2D eigenvalue weighted by Gasteiger charge is 2.28. The molecule has 0 N–H and O–H groups in total. The summed E-state index contributed by atoms with van der Waals surface area (Å²) in [6.45, 7) is 6.69. The number of hydrogen-bond donors (Lipinski definition) is 0. The normalized spacial score (nSPS) is 16.5. The monoisotopic (exact) mass is 426 g/mol. The van der Waals surface area contributed by atoms with Gasteiger partial charge in [-0.2, -0.15) is 0 Å². The highest BCUT2D eigenvalue weighted by molar-refractivity contribution is 5.85. The van der Waals surface area contributed by atoms with Crippen LogP contribution in [0.3, 0.4) is 0 Å². The van der Waals surface area contributed by atoms with Gasteiger partial charge in [-0.05, 0) is 23.3 Å². The summed E-state index contributed by atoms with van der Waals surface area (Å²) in [5.74, 6) is 2.01. The lowest BCUT2D eigenvalue weighted by atomic mass is 10.1. The molecule has 5 nitrogen and oxygen atoms in total. The van der Waals surface area contributed by atoms with Gasteiger partial charge in [-0.1, -0.05) is 66.7 Å². The summed E-state index contributed by atoms with van der Waals surface area (Å²) in [6.07, 6.45) is 0. The third kappa shape index (κ3) is 4.48. The fourth-order valence-corrected chi connectivity index (χ4v) is 4.59. The minimum absolute atomic E-state index is 0.779. The highest BCUT2D eigenvalue weighted by atomic mass is 16.5. The number of nitrogens with zero attached hydrogens (tertiary/aromatic N) is 4. The standard InChI is InChI=1S/C27H30N4O/c1-32-26-14-8-6-12-24(26)21-31-20-23-11-5-7-13-25(23)28-27(31)30-17-15-29(16-18-30)19-22-9-3-2-4-10-22/h2-14H,15-21H2,1H3. The van der Waals surface area contributed by atoms with E-state index < -0.39 is 0 Å². The molecule has 3 aromatic rings. The predicted octanol–water partition coefficient (Wildman–Crippen LogP) is 4.52. The van der Waals surface area contributed by atoms with Crippen molar-refractivity contribution < 1.29 is 4.74 Å². The molecular formula is C27H30N4O. The molecular weight excluding hydrogens is 396 g/mol. The number of piperazine rings is 1. The summed E-state index contributed by atoms with van der Waals surface area (Å²) in [5, 5.41) is 0. The van der Waals surface area contributed by atoms with Gasteiger partial charge in [-0.15, -0.1) is 0 Å². The molecule has 2 aliphatic heterocycles. The quantitative estimate of drug-likeness (QED) is 0.601. The van der Waals surface area contributed by atoms with Crippen molar-refractivity contribution in [2.24, 2.45) is 4.99 Å². The molecule has 0 aliphatic carbocycles. The molecule has 0 spiro atoms. The van der Waals surface area contributed by atoms with Gasteiger partial charge in [0, 0.05) is 51.4 Å². The first kappa shape index (κ1) is 20.6. The number of ether oxygens (including phenoxy) is 1. The van der Waals surface area contributed by atoms with Crippen LogP contribution in [0.2, 0.25) is 0 Å². The van der Waals surface area contributed by atoms with Crippen molar-refractivity contribution >= 4 is 11.6 Å². The van der Waals surface area contributed by atoms with Crippen LogP contribution in [0.1, 0.15) is 16.7 Å². The summed E-state index contributed by atoms with van der Waals surface area (Å²) in [7, 11) is 1.74. The first-order chi connectivity index (χ1) is 15.8. The Labute approximate surface area is 190 Å². The third-order valence-electron chi connectivity index (χ3n) is 6.31. The van der Waals surface area contributed by atoms with E-state index in [0.717, 1.165) is 63.2 Å². The number of benzene rings is 3. The van der Waals surface area contributed by atoms with Crippen molar-refractivity contribution in [1.82, 2.24) is 14.7 Å². The summed E-state index contributed by atoms with van der Waals surface area (Å²) in [5.41, 5.74) is 4.92. The smallest absolute Gasteiger partial charge is 0.202 e. The van der Waals surface area contributed by atoms with Crippen LogP contribution in [-0.4, -0.2) is 53.9 Å². The number of aliphatic imine (C=N–C) groups is 1. The van der Waals surface area contributed by atoms with Gasteiger partial charge in [0.05, 0.1) is 12.8 Å². The van der Waals surface area contributed by atoms with Crippen molar-refractivity contribution in [3.8, 4) is 5.75 Å². The molecule has 2 aliphatic rings. The molecule has 0 aromatic heterocycles. The molecule has 5 rings (SSSR count). The van der Waals surface area contributed by atoms with E-state index in [9.17, 15) is 0 Å². The van der Waals surface area contributed by atoms with E-state index in [4.69, 9.17) is 9.73 Å². The van der Waals surface area contributed by atoms with Crippen LogP contribution in [-0.2, 0) is 19.6 Å². The molecule has 0 atom stereocenters. The number of guanidine groups is 1. The van der Waals surface area contributed by atoms with E-state index in [1.807, 2.05) is 12.1 Å². The van der Waals surface area contributed by atoms with Crippen LogP contribution in [0.5, 0.6) is 5.75 Å². The number of fused-ring (bicyclic) bond motifs is 1. The molecule has 0 radical (unpaired) electrons. The van der Waals surface area contributed by atoms with Gasteiger partial charge in [0.25, 0.3) is 0 Å². The SMILES string of the molecule is COc1ccccc1CN1Cc2ccccc2N=C1N1CCN(Cc2ccccc2)CC1. The van der Waals surface area contributed by atoms with Gasteiger partial charge in [0.2, 0.25) is 5.96 Å². The molecule has 3 aromatic carbocycles. The van der Waals surface area contributed by atoms with Crippen LogP contribution in [0.15, 0.2) is 83.9 Å². The van der Waals surface area contributed by atoms with E-state index in [1.54, 1.807) is 7.11 Å². The number of rotatable bonds is 5. The zero-order chi connectivity index (χ0) is 21.8. The first-order valence-corrected chi connectivity index (χ1v) is 11.3. The largest absolute Gasteiger partial charge is 0.496 e. The summed E-state index contributed by atoms with van der Waals surface area (Å²) >= 11 is 0. The minimum Gasteiger partial charge on any atom is -0.496 e. The van der Waals surface area contributed by atoms with E-state index in [0.29, 0.717) is 0 Å². The Morgan fingerprint density at radius 3 is 2.31 bits per heavy atom. The second-order valence-corrected chi connectivity index (χ2v) is 8.46. The van der Waals surface area contributed by atoms with Crippen LogP contribution in [0.25, 0.3) is 0 Å². The molecule has 164 valence electrons. The fourth-order valence-electron chi connectivity index (χ4n) is 4.59. The van der Waals surface area contributed by atoms with Gasteiger partial charge >= 0.3 is 0 Å². The maximum Gasteiger partial charge on any atom is 0.202 e. The van der Waals surface area contributed by atoms with Crippen molar-refractivity contribution in [2.45, 2.75) is 19.6 Å². The Morgan fingerprint density at radius 1 is 0.781 bits per heavy atom. The third-order valence-corrected chi connectivity index (χ3v) is 6.31. The van der Waals surface area contributed by atoms with Crippen molar-refractivity contribution in [2.75, 3.05) is 33.3 Å². The average molecular weight is 427 g/mol. The van der Waals surface area contributed by atoms with Gasteiger partial charge in [-0.25, -0.2) is 4.99 Å². The number of hydrogen-bond acceptors (Lipinski definition) is 5. The average Bonchev–Trinajstić information content (AvgIpc) is 2.85. The molecule has 1 fully saturated rings. The summed E-state index contributed by atoms with van der Waals surface area (Å²) in [6, 6.07) is 27.5. The molecule has 32 heavy (non-hydrogen) atoms. The van der Waals surface area contributed by atoms with E-state index in [2.05, 4.69) is 81.4 Å². The van der Waals surface area contributed by atoms with Crippen molar-refractivity contribution in [3.63, 3.8) is 0 Å². The van der Waals surface area contributed by atoms with E-state index >= 15 is 0 Å². The lowest BCUT2D eigenvalue weighted by Crippen LogP contribution is -2.53. The Bertz CT molecular complexity index is 1070. The van der Waals surface area contributed by atoms with Gasteiger partial charge in [0.15, 0.2) is 0 Å². The maximum absolute atomic E-state index is 5.62.